The van der Waals surface area contributed by atoms with Gasteiger partial charge in [-0.3, -0.25) is 9.59 Å². The summed E-state index contributed by atoms with van der Waals surface area (Å²) in [5.41, 5.74) is -0.0237. The molecule has 2 aromatic carbocycles. The monoisotopic (exact) mass is 568 g/mol. The average molecular weight is 569 g/mol. The van der Waals surface area contributed by atoms with Crippen LogP contribution in [-0.4, -0.2) is 41.1 Å². The summed E-state index contributed by atoms with van der Waals surface area (Å²) in [6, 6.07) is 8.29. The standard InChI is InChI=1S/C27H28ClF3N2O4S/c1-26(2,3)37-25(36)32-20-14-38-23-10-19(29)18(22(34)8-16-11-27(30,31)12-16)9-21(23)33(24(20)35)13-15-4-6-17(28)7-5-15/h4-7,9-10,16,20H,8,11-14H2,1-3H3,(H,32,36)/t20-/m0/s1. The molecule has 11 heteroatoms. The first-order valence-electron chi connectivity index (χ1n) is 12.1. The predicted octanol–water partition coefficient (Wildman–Crippen LogP) is 6.63. The molecule has 0 saturated heterocycles. The van der Waals surface area contributed by atoms with Gasteiger partial charge in [-0.05, 0) is 56.5 Å². The summed E-state index contributed by atoms with van der Waals surface area (Å²) in [6.07, 6.45) is -1.78. The number of fused-ring (bicyclic) bond motifs is 1. The zero-order valence-corrected chi connectivity index (χ0v) is 22.7. The van der Waals surface area contributed by atoms with Gasteiger partial charge in [0.1, 0.15) is 17.5 Å². The van der Waals surface area contributed by atoms with E-state index in [1.54, 1.807) is 45.0 Å². The van der Waals surface area contributed by atoms with E-state index in [2.05, 4.69) is 5.32 Å². The number of ether oxygens (including phenoxy) is 1. The number of hydrogen-bond acceptors (Lipinski definition) is 5. The summed E-state index contributed by atoms with van der Waals surface area (Å²) >= 11 is 7.16. The lowest BCUT2D eigenvalue weighted by Gasteiger charge is -2.34. The lowest BCUT2D eigenvalue weighted by molar-refractivity contribution is -0.120. The first kappa shape index (κ1) is 28.3. The second-order valence-corrected chi connectivity index (χ2v) is 12.1. The zero-order chi connectivity index (χ0) is 27.8. The Morgan fingerprint density at radius 2 is 1.84 bits per heavy atom. The molecule has 1 atom stereocenters. The van der Waals surface area contributed by atoms with E-state index in [9.17, 15) is 23.2 Å². The molecule has 1 N–H and O–H groups in total. The molecule has 1 fully saturated rings. The molecule has 2 aliphatic rings. The van der Waals surface area contributed by atoms with Gasteiger partial charge in [-0.2, -0.15) is 0 Å². The highest BCUT2D eigenvalue weighted by atomic mass is 35.5. The van der Waals surface area contributed by atoms with Gasteiger partial charge in [0.15, 0.2) is 5.78 Å². The van der Waals surface area contributed by atoms with Crippen molar-refractivity contribution in [2.24, 2.45) is 5.92 Å². The van der Waals surface area contributed by atoms with Crippen molar-refractivity contribution in [2.75, 3.05) is 10.7 Å². The molecule has 1 aliphatic heterocycles. The van der Waals surface area contributed by atoms with Crippen LogP contribution in [0.1, 0.15) is 56.0 Å². The molecule has 0 spiro atoms. The number of alkyl halides is 2. The highest BCUT2D eigenvalue weighted by molar-refractivity contribution is 7.99. The molecular formula is C27H28ClF3N2O4S. The van der Waals surface area contributed by atoms with Crippen LogP contribution in [0, 0.1) is 11.7 Å². The van der Waals surface area contributed by atoms with E-state index in [1.165, 1.54) is 17.0 Å². The van der Waals surface area contributed by atoms with Crippen molar-refractivity contribution >= 4 is 46.8 Å². The normalized spacial score (nSPS) is 19.3. The second-order valence-electron chi connectivity index (χ2n) is 10.6. The maximum Gasteiger partial charge on any atom is 0.408 e. The molecule has 0 unspecified atom stereocenters. The van der Waals surface area contributed by atoms with Gasteiger partial charge in [0.25, 0.3) is 5.91 Å². The van der Waals surface area contributed by atoms with Crippen LogP contribution in [0.15, 0.2) is 41.3 Å². The largest absolute Gasteiger partial charge is 0.444 e. The van der Waals surface area contributed by atoms with Crippen molar-refractivity contribution in [3.8, 4) is 0 Å². The Labute approximate surface area is 228 Å². The maximum atomic E-state index is 15.1. The minimum Gasteiger partial charge on any atom is -0.444 e. The molecule has 1 aliphatic carbocycles. The quantitative estimate of drug-likeness (QED) is 0.396. The number of thioether (sulfide) groups is 1. The lowest BCUT2D eigenvalue weighted by atomic mass is 9.77. The third-order valence-electron chi connectivity index (χ3n) is 6.20. The van der Waals surface area contributed by atoms with Crippen molar-refractivity contribution in [3.05, 3.63) is 58.4 Å². The zero-order valence-electron chi connectivity index (χ0n) is 21.2. The molecule has 204 valence electrons. The van der Waals surface area contributed by atoms with Gasteiger partial charge in [0, 0.05) is 34.9 Å². The Bertz CT molecular complexity index is 1240. The van der Waals surface area contributed by atoms with E-state index in [0.29, 0.717) is 21.2 Å². The summed E-state index contributed by atoms with van der Waals surface area (Å²) in [5.74, 6) is -5.05. The van der Waals surface area contributed by atoms with Gasteiger partial charge in [-0.25, -0.2) is 18.0 Å². The third-order valence-corrected chi connectivity index (χ3v) is 7.59. The number of Topliss-reactive ketones (excluding diaryl/α,β-unsaturated/α-hetero) is 1. The van der Waals surface area contributed by atoms with E-state index in [0.717, 1.165) is 11.8 Å². The molecular weight excluding hydrogens is 541 g/mol. The molecule has 0 bridgehead atoms. The predicted molar refractivity (Wildman–Crippen MR) is 140 cm³/mol. The van der Waals surface area contributed by atoms with Crippen molar-refractivity contribution in [1.29, 1.82) is 0 Å². The minimum absolute atomic E-state index is 0.0597. The molecule has 0 aromatic heterocycles. The van der Waals surface area contributed by atoms with Crippen LogP contribution < -0.4 is 10.2 Å². The van der Waals surface area contributed by atoms with Crippen LogP contribution in [0.3, 0.4) is 0 Å². The number of nitrogens with one attached hydrogen (secondary N) is 1. The van der Waals surface area contributed by atoms with Gasteiger partial charge in [-0.15, -0.1) is 11.8 Å². The fourth-order valence-electron chi connectivity index (χ4n) is 4.43. The molecule has 2 amide bonds. The fraction of sp³-hybridized carbons (Fsp3) is 0.444. The highest BCUT2D eigenvalue weighted by Crippen LogP contribution is 2.45. The Hall–Kier alpha value is -2.72. The first-order chi connectivity index (χ1) is 17.7. The number of hydrogen-bond donors (Lipinski definition) is 1. The number of carbonyl (C=O) groups is 3. The summed E-state index contributed by atoms with van der Waals surface area (Å²) in [7, 11) is 0. The van der Waals surface area contributed by atoms with E-state index < -0.39 is 59.9 Å². The van der Waals surface area contributed by atoms with Gasteiger partial charge < -0.3 is 15.0 Å². The number of benzene rings is 2. The molecule has 0 radical (unpaired) electrons. The van der Waals surface area contributed by atoms with Crippen LogP contribution in [-0.2, 0) is 16.1 Å². The van der Waals surface area contributed by atoms with E-state index >= 15 is 4.39 Å². The van der Waals surface area contributed by atoms with Gasteiger partial charge in [-0.1, -0.05) is 23.7 Å². The molecule has 6 nitrogen and oxygen atoms in total. The summed E-state index contributed by atoms with van der Waals surface area (Å²) in [6.45, 7) is 5.16. The Kier molecular flexibility index (Phi) is 8.04. The lowest BCUT2D eigenvalue weighted by Crippen LogP contribution is -2.50. The van der Waals surface area contributed by atoms with Gasteiger partial charge in [0.2, 0.25) is 5.92 Å². The number of nitrogens with zero attached hydrogens (tertiary/aromatic N) is 1. The van der Waals surface area contributed by atoms with Crippen molar-refractivity contribution in [2.45, 2.75) is 69.0 Å². The summed E-state index contributed by atoms with van der Waals surface area (Å²) < 4.78 is 46.9. The average Bonchev–Trinajstić information content (AvgIpc) is 2.89. The fourth-order valence-corrected chi connectivity index (χ4v) is 5.63. The highest BCUT2D eigenvalue weighted by Gasteiger charge is 2.46. The summed E-state index contributed by atoms with van der Waals surface area (Å²) in [4.78, 5) is 40.8. The number of rotatable bonds is 6. The van der Waals surface area contributed by atoms with E-state index in [1.807, 2.05) is 0 Å². The Balaban J connectivity index is 1.65. The molecule has 1 heterocycles. The van der Waals surface area contributed by atoms with Crippen molar-refractivity contribution in [1.82, 2.24) is 5.32 Å². The number of amides is 2. The van der Waals surface area contributed by atoms with Gasteiger partial charge in [0.05, 0.1) is 17.8 Å². The van der Waals surface area contributed by atoms with Crippen molar-refractivity contribution in [3.63, 3.8) is 0 Å². The van der Waals surface area contributed by atoms with Crippen LogP contribution in [0.5, 0.6) is 0 Å². The van der Waals surface area contributed by atoms with Crippen molar-refractivity contribution < 1.29 is 32.3 Å². The smallest absolute Gasteiger partial charge is 0.408 e. The molecule has 2 aromatic rings. The van der Waals surface area contributed by atoms with Crippen LogP contribution in [0.2, 0.25) is 5.02 Å². The maximum absolute atomic E-state index is 15.1. The number of ketones is 1. The van der Waals surface area contributed by atoms with E-state index in [-0.39, 0.29) is 24.3 Å². The summed E-state index contributed by atoms with van der Waals surface area (Å²) in [5, 5.41) is 3.11. The number of halogens is 4. The number of alkyl carbamates (subject to hydrolysis) is 1. The third kappa shape index (κ3) is 6.83. The topological polar surface area (TPSA) is 75.7 Å². The molecule has 4 rings (SSSR count). The Morgan fingerprint density at radius 1 is 1.18 bits per heavy atom. The first-order valence-corrected chi connectivity index (χ1v) is 13.5. The Morgan fingerprint density at radius 3 is 2.45 bits per heavy atom. The van der Waals surface area contributed by atoms with Crippen LogP contribution in [0.4, 0.5) is 23.7 Å². The van der Waals surface area contributed by atoms with E-state index in [4.69, 9.17) is 16.3 Å². The molecule has 38 heavy (non-hydrogen) atoms. The SMILES string of the molecule is CC(C)(C)OC(=O)N[C@H]1CSc2cc(F)c(C(=O)CC3CC(F)(F)C3)cc2N(Cc2ccc(Cl)cc2)C1=O. The molecule has 1 saturated carbocycles. The van der Waals surface area contributed by atoms with Crippen LogP contribution in [0.25, 0.3) is 0 Å². The van der Waals surface area contributed by atoms with Crippen LogP contribution >= 0.6 is 23.4 Å². The number of anilines is 1. The minimum atomic E-state index is -2.79. The van der Waals surface area contributed by atoms with Gasteiger partial charge >= 0.3 is 6.09 Å². The second kappa shape index (κ2) is 10.8. The number of carbonyl (C=O) groups excluding carboxylic acids is 3.